The Labute approximate surface area is 184 Å². The highest BCUT2D eigenvalue weighted by Crippen LogP contribution is 2.41. The van der Waals surface area contributed by atoms with Crippen molar-refractivity contribution in [3.63, 3.8) is 0 Å². The van der Waals surface area contributed by atoms with E-state index in [9.17, 15) is 0 Å². The van der Waals surface area contributed by atoms with E-state index < -0.39 is 0 Å². The molecule has 0 saturated carbocycles. The predicted molar refractivity (Wildman–Crippen MR) is 133 cm³/mol. The van der Waals surface area contributed by atoms with Gasteiger partial charge in [-0.3, -0.25) is 4.98 Å². The van der Waals surface area contributed by atoms with E-state index in [0.29, 0.717) is 0 Å². The molecule has 3 aromatic heterocycles. The van der Waals surface area contributed by atoms with Crippen LogP contribution in [0.1, 0.15) is 0 Å². The first-order valence-electron chi connectivity index (χ1n) is 10.8. The number of para-hydroxylation sites is 2. The summed E-state index contributed by atoms with van der Waals surface area (Å²) in [4.78, 5) is 4.88. The Hall–Kier alpha value is -4.37. The van der Waals surface area contributed by atoms with Crippen LogP contribution in [0.15, 0.2) is 115 Å². The summed E-state index contributed by atoms with van der Waals surface area (Å²) in [6.45, 7) is 0. The minimum atomic E-state index is 1.00. The SMILES string of the molecule is c1ccc(-n2c3cccnc3c3cccc4c3c3c2cccc3n4-c2ccccc2)cc1. The Morgan fingerprint density at radius 2 is 0.969 bits per heavy atom. The van der Waals surface area contributed by atoms with Crippen LogP contribution < -0.4 is 0 Å². The van der Waals surface area contributed by atoms with Crippen LogP contribution in [0.5, 0.6) is 0 Å². The maximum atomic E-state index is 4.88. The van der Waals surface area contributed by atoms with E-state index in [4.69, 9.17) is 4.98 Å². The van der Waals surface area contributed by atoms with Crippen molar-refractivity contribution >= 4 is 43.7 Å². The first-order valence-corrected chi connectivity index (χ1v) is 10.8. The van der Waals surface area contributed by atoms with E-state index in [1.165, 1.54) is 32.7 Å². The molecule has 0 aliphatic carbocycles. The molecule has 0 radical (unpaired) electrons. The van der Waals surface area contributed by atoms with Crippen LogP contribution in [0.25, 0.3) is 55.1 Å². The Morgan fingerprint density at radius 3 is 1.62 bits per heavy atom. The van der Waals surface area contributed by atoms with Gasteiger partial charge in [0.25, 0.3) is 0 Å². The van der Waals surface area contributed by atoms with Crippen LogP contribution in [-0.2, 0) is 0 Å². The fraction of sp³-hybridized carbons (Fsp3) is 0. The second-order valence-electron chi connectivity index (χ2n) is 8.08. The Kier molecular flexibility index (Phi) is 3.55. The number of nitrogens with zero attached hydrogens (tertiary/aromatic N) is 3. The molecule has 4 aromatic carbocycles. The predicted octanol–water partition coefficient (Wildman–Crippen LogP) is 7.28. The topological polar surface area (TPSA) is 22.8 Å². The summed E-state index contributed by atoms with van der Waals surface area (Å²) in [7, 11) is 0. The number of hydrogen-bond acceptors (Lipinski definition) is 1. The first kappa shape index (κ1) is 17.3. The summed E-state index contributed by atoms with van der Waals surface area (Å²) in [5, 5.41) is 3.67. The quantitative estimate of drug-likeness (QED) is 0.294. The highest BCUT2D eigenvalue weighted by molar-refractivity contribution is 6.27. The maximum absolute atomic E-state index is 4.88. The number of hydrogen-bond donors (Lipinski definition) is 0. The molecule has 0 unspecified atom stereocenters. The van der Waals surface area contributed by atoms with Crippen molar-refractivity contribution in [1.82, 2.24) is 14.1 Å². The van der Waals surface area contributed by atoms with Gasteiger partial charge in [0.15, 0.2) is 0 Å². The van der Waals surface area contributed by atoms with E-state index in [1.54, 1.807) is 0 Å². The molecule has 0 fully saturated rings. The zero-order chi connectivity index (χ0) is 21.1. The van der Waals surface area contributed by atoms with Crippen molar-refractivity contribution in [3.05, 3.63) is 115 Å². The van der Waals surface area contributed by atoms with Gasteiger partial charge in [-0.05, 0) is 54.6 Å². The molecule has 3 nitrogen and oxygen atoms in total. The molecule has 0 spiro atoms. The second-order valence-corrected chi connectivity index (χ2v) is 8.08. The fourth-order valence-electron chi connectivity index (χ4n) is 5.10. The Balaban J connectivity index is 1.84. The molecule has 150 valence electrons. The second kappa shape index (κ2) is 6.56. The van der Waals surface area contributed by atoms with Gasteiger partial charge in [0.1, 0.15) is 0 Å². The highest BCUT2D eigenvalue weighted by Gasteiger charge is 2.20. The minimum absolute atomic E-state index is 1.00. The van der Waals surface area contributed by atoms with Crippen molar-refractivity contribution < 1.29 is 0 Å². The summed E-state index contributed by atoms with van der Waals surface area (Å²) >= 11 is 0. The molecule has 0 saturated heterocycles. The Bertz CT molecular complexity index is 1760. The lowest BCUT2D eigenvalue weighted by molar-refractivity contribution is 1.16. The molecule has 32 heavy (non-hydrogen) atoms. The maximum Gasteiger partial charge on any atom is 0.0949 e. The average molecular weight is 409 g/mol. The molecule has 0 aliphatic heterocycles. The van der Waals surface area contributed by atoms with Gasteiger partial charge in [-0.15, -0.1) is 0 Å². The molecule has 0 bridgehead atoms. The smallest absolute Gasteiger partial charge is 0.0949 e. The number of benzene rings is 4. The molecular formula is C29H19N3. The van der Waals surface area contributed by atoms with Crippen LogP contribution in [-0.4, -0.2) is 14.1 Å². The molecule has 0 amide bonds. The van der Waals surface area contributed by atoms with Gasteiger partial charge in [-0.2, -0.15) is 0 Å². The third kappa shape index (κ3) is 2.28. The Morgan fingerprint density at radius 1 is 0.438 bits per heavy atom. The van der Waals surface area contributed by atoms with Gasteiger partial charge >= 0.3 is 0 Å². The largest absolute Gasteiger partial charge is 0.309 e. The summed E-state index contributed by atoms with van der Waals surface area (Å²) in [5.74, 6) is 0. The van der Waals surface area contributed by atoms with Crippen LogP contribution in [0.4, 0.5) is 0 Å². The summed E-state index contributed by atoms with van der Waals surface area (Å²) in [5.41, 5.74) is 7.96. The lowest BCUT2D eigenvalue weighted by Gasteiger charge is -2.12. The third-order valence-electron chi connectivity index (χ3n) is 6.35. The molecule has 0 atom stereocenters. The normalized spacial score (nSPS) is 11.8. The third-order valence-corrected chi connectivity index (χ3v) is 6.35. The molecule has 0 aliphatic rings. The molecule has 7 rings (SSSR count). The number of pyridine rings is 1. The number of aromatic nitrogens is 3. The van der Waals surface area contributed by atoms with Gasteiger partial charge in [-0.25, -0.2) is 0 Å². The molecule has 7 aromatic rings. The van der Waals surface area contributed by atoms with E-state index >= 15 is 0 Å². The summed E-state index contributed by atoms with van der Waals surface area (Å²) < 4.78 is 4.72. The zero-order valence-corrected chi connectivity index (χ0v) is 17.3. The number of rotatable bonds is 2. The first-order chi connectivity index (χ1) is 15.9. The van der Waals surface area contributed by atoms with Crippen LogP contribution in [0.3, 0.4) is 0 Å². The average Bonchev–Trinajstić information content (AvgIpc) is 3.14. The van der Waals surface area contributed by atoms with Gasteiger partial charge in [-0.1, -0.05) is 54.6 Å². The van der Waals surface area contributed by atoms with E-state index in [0.717, 1.165) is 22.4 Å². The molecule has 3 heterocycles. The van der Waals surface area contributed by atoms with Gasteiger partial charge in [0.2, 0.25) is 0 Å². The van der Waals surface area contributed by atoms with Crippen molar-refractivity contribution in [2.75, 3.05) is 0 Å². The number of fused-ring (bicyclic) bond motifs is 2. The van der Waals surface area contributed by atoms with Gasteiger partial charge in [0, 0.05) is 33.7 Å². The summed E-state index contributed by atoms with van der Waals surface area (Å²) in [6.07, 6.45) is 1.89. The zero-order valence-electron chi connectivity index (χ0n) is 17.3. The van der Waals surface area contributed by atoms with Crippen molar-refractivity contribution in [2.45, 2.75) is 0 Å². The van der Waals surface area contributed by atoms with Gasteiger partial charge in [0.05, 0.1) is 27.6 Å². The van der Waals surface area contributed by atoms with Crippen molar-refractivity contribution in [1.29, 1.82) is 0 Å². The lowest BCUT2D eigenvalue weighted by Crippen LogP contribution is -1.98. The van der Waals surface area contributed by atoms with Crippen molar-refractivity contribution in [3.8, 4) is 11.4 Å². The van der Waals surface area contributed by atoms with Crippen LogP contribution >= 0.6 is 0 Å². The van der Waals surface area contributed by atoms with E-state index in [1.807, 2.05) is 12.3 Å². The monoisotopic (exact) mass is 409 g/mol. The van der Waals surface area contributed by atoms with Crippen molar-refractivity contribution in [2.24, 2.45) is 0 Å². The standard InChI is InChI=1S/C29H19N3/c1-3-10-20(11-4-1)31-23-15-7-14-22-27(23)28-24(31)16-8-17-25(28)32(21-12-5-2-6-13-21)26-18-9-19-30-29(22)26/h1-19H. The van der Waals surface area contributed by atoms with Crippen LogP contribution in [0, 0.1) is 0 Å². The van der Waals surface area contributed by atoms with Gasteiger partial charge < -0.3 is 9.13 Å². The summed E-state index contributed by atoms with van der Waals surface area (Å²) in [6, 6.07) is 38.5. The highest BCUT2D eigenvalue weighted by atomic mass is 15.0. The molecule has 0 N–H and O–H groups in total. The lowest BCUT2D eigenvalue weighted by atomic mass is 10.1. The van der Waals surface area contributed by atoms with E-state index in [2.05, 4.69) is 112 Å². The molecule has 3 heteroatoms. The molecular weight excluding hydrogens is 390 g/mol. The van der Waals surface area contributed by atoms with E-state index in [-0.39, 0.29) is 0 Å². The fourth-order valence-corrected chi connectivity index (χ4v) is 5.10. The van der Waals surface area contributed by atoms with Crippen LogP contribution in [0.2, 0.25) is 0 Å². The minimum Gasteiger partial charge on any atom is -0.309 e.